The number of urea groups is 1. The van der Waals surface area contributed by atoms with Crippen LogP contribution >= 0.6 is 0 Å². The van der Waals surface area contributed by atoms with E-state index in [1.54, 1.807) is 24.3 Å². The van der Waals surface area contributed by atoms with Crippen LogP contribution in [0.15, 0.2) is 30.3 Å². The second kappa shape index (κ2) is 6.23. The largest absolute Gasteiger partial charge is 0.478 e. The van der Waals surface area contributed by atoms with Gasteiger partial charge in [-0.1, -0.05) is 12.1 Å². The molecule has 1 aromatic carbocycles. The number of amides is 2. The van der Waals surface area contributed by atoms with Gasteiger partial charge in [0.25, 0.3) is 0 Å². The monoisotopic (exact) mass is 274 g/mol. The van der Waals surface area contributed by atoms with Crippen LogP contribution in [0.4, 0.5) is 10.5 Å². The van der Waals surface area contributed by atoms with Crippen molar-refractivity contribution in [2.45, 2.75) is 25.8 Å². The van der Waals surface area contributed by atoms with E-state index in [1.807, 2.05) is 6.92 Å². The predicted octanol–water partition coefficient (Wildman–Crippen LogP) is 2.70. The van der Waals surface area contributed by atoms with E-state index in [-0.39, 0.29) is 12.1 Å². The first kappa shape index (κ1) is 14.1. The molecule has 0 aliphatic heterocycles. The normalized spacial score (nSPS) is 15.8. The summed E-state index contributed by atoms with van der Waals surface area (Å²) in [6, 6.07) is 6.98. The van der Waals surface area contributed by atoms with Crippen LogP contribution < -0.4 is 10.6 Å². The zero-order valence-corrected chi connectivity index (χ0v) is 11.3. The lowest BCUT2D eigenvalue weighted by Gasteiger charge is -2.13. The zero-order chi connectivity index (χ0) is 14.5. The number of hydrogen-bond donors (Lipinski definition) is 3. The molecule has 5 nitrogen and oxygen atoms in total. The molecule has 3 N–H and O–H groups in total. The Balaban J connectivity index is 1.93. The van der Waals surface area contributed by atoms with Gasteiger partial charge in [-0.2, -0.15) is 0 Å². The van der Waals surface area contributed by atoms with Gasteiger partial charge in [0.15, 0.2) is 0 Å². The van der Waals surface area contributed by atoms with E-state index in [0.717, 1.165) is 11.6 Å². The quantitative estimate of drug-likeness (QED) is 0.722. The molecule has 2 rings (SSSR count). The molecule has 0 saturated heterocycles. The molecule has 106 valence electrons. The van der Waals surface area contributed by atoms with E-state index in [1.165, 1.54) is 18.9 Å². The Kier molecular flexibility index (Phi) is 4.40. The Morgan fingerprint density at radius 3 is 2.80 bits per heavy atom. The standard InChI is InChI=1S/C15H18N2O3/c1-10(12-6-7-12)16-15(20)17-13-4-2-3-11(9-13)5-8-14(18)19/h2-5,8-10,12H,6-7H2,1H3,(H,18,19)(H2,16,17,20)/b8-5+. The maximum Gasteiger partial charge on any atom is 0.328 e. The van der Waals surface area contributed by atoms with Crippen molar-refractivity contribution in [3.63, 3.8) is 0 Å². The van der Waals surface area contributed by atoms with Crippen LogP contribution in [0.25, 0.3) is 6.08 Å². The fraction of sp³-hybridized carbons (Fsp3) is 0.333. The smallest absolute Gasteiger partial charge is 0.328 e. The summed E-state index contributed by atoms with van der Waals surface area (Å²) >= 11 is 0. The topological polar surface area (TPSA) is 78.4 Å². The minimum Gasteiger partial charge on any atom is -0.478 e. The van der Waals surface area contributed by atoms with Gasteiger partial charge in [0, 0.05) is 17.8 Å². The number of benzene rings is 1. The van der Waals surface area contributed by atoms with Gasteiger partial charge in [0.05, 0.1) is 0 Å². The van der Waals surface area contributed by atoms with Gasteiger partial charge in [0.1, 0.15) is 0 Å². The minimum absolute atomic E-state index is 0.185. The summed E-state index contributed by atoms with van der Waals surface area (Å²) in [4.78, 5) is 22.3. The van der Waals surface area contributed by atoms with E-state index in [9.17, 15) is 9.59 Å². The first-order valence-electron chi connectivity index (χ1n) is 6.63. The Morgan fingerprint density at radius 1 is 1.40 bits per heavy atom. The summed E-state index contributed by atoms with van der Waals surface area (Å²) in [5, 5.41) is 14.2. The van der Waals surface area contributed by atoms with Crippen LogP contribution in [0.5, 0.6) is 0 Å². The van der Waals surface area contributed by atoms with Crippen LogP contribution in [0.2, 0.25) is 0 Å². The van der Waals surface area contributed by atoms with Crippen molar-refractivity contribution in [1.82, 2.24) is 5.32 Å². The van der Waals surface area contributed by atoms with Gasteiger partial charge in [-0.3, -0.25) is 0 Å². The number of carbonyl (C=O) groups excluding carboxylic acids is 1. The molecule has 1 atom stereocenters. The molecule has 1 aromatic rings. The number of hydrogen-bond acceptors (Lipinski definition) is 2. The van der Waals surface area contributed by atoms with Crippen molar-refractivity contribution in [2.24, 2.45) is 5.92 Å². The van der Waals surface area contributed by atoms with Crippen molar-refractivity contribution < 1.29 is 14.7 Å². The van der Waals surface area contributed by atoms with E-state index in [4.69, 9.17) is 5.11 Å². The Hall–Kier alpha value is -2.30. The highest BCUT2D eigenvalue weighted by Crippen LogP contribution is 2.32. The Labute approximate surface area is 117 Å². The number of aliphatic carboxylic acids is 1. The molecular formula is C15H18N2O3. The summed E-state index contributed by atoms with van der Waals surface area (Å²) in [6.07, 6.45) is 4.90. The molecule has 1 unspecified atom stereocenters. The molecule has 0 heterocycles. The van der Waals surface area contributed by atoms with E-state index in [2.05, 4.69) is 10.6 Å². The molecular weight excluding hydrogens is 256 g/mol. The average Bonchev–Trinajstić information content (AvgIpc) is 3.20. The first-order valence-corrected chi connectivity index (χ1v) is 6.63. The first-order chi connectivity index (χ1) is 9.54. The maximum absolute atomic E-state index is 11.8. The average molecular weight is 274 g/mol. The highest BCUT2D eigenvalue weighted by Gasteiger charge is 2.28. The number of carbonyl (C=O) groups is 2. The molecule has 0 spiro atoms. The van der Waals surface area contributed by atoms with Gasteiger partial charge >= 0.3 is 12.0 Å². The Bertz CT molecular complexity index is 536. The van der Waals surface area contributed by atoms with Crippen LogP contribution in [0.3, 0.4) is 0 Å². The van der Waals surface area contributed by atoms with Gasteiger partial charge in [-0.25, -0.2) is 9.59 Å². The third-order valence-electron chi connectivity index (χ3n) is 3.25. The number of anilines is 1. The fourth-order valence-corrected chi connectivity index (χ4v) is 1.98. The molecule has 1 fully saturated rings. The van der Waals surface area contributed by atoms with E-state index in [0.29, 0.717) is 11.6 Å². The summed E-state index contributed by atoms with van der Waals surface area (Å²) in [6.45, 7) is 2.00. The second-order valence-electron chi connectivity index (χ2n) is 5.02. The molecule has 0 radical (unpaired) electrons. The molecule has 1 aliphatic carbocycles. The fourth-order valence-electron chi connectivity index (χ4n) is 1.98. The number of nitrogens with one attached hydrogen (secondary N) is 2. The van der Waals surface area contributed by atoms with Crippen molar-refractivity contribution in [3.8, 4) is 0 Å². The third-order valence-corrected chi connectivity index (χ3v) is 3.25. The summed E-state index contributed by atoms with van der Waals surface area (Å²) in [5.41, 5.74) is 1.36. The van der Waals surface area contributed by atoms with Gasteiger partial charge < -0.3 is 15.7 Å². The van der Waals surface area contributed by atoms with Gasteiger partial charge in [-0.05, 0) is 49.5 Å². The van der Waals surface area contributed by atoms with Crippen molar-refractivity contribution in [1.29, 1.82) is 0 Å². The highest BCUT2D eigenvalue weighted by atomic mass is 16.4. The molecule has 2 amide bonds. The van der Waals surface area contributed by atoms with Gasteiger partial charge in [0.2, 0.25) is 0 Å². The summed E-state index contributed by atoms with van der Waals surface area (Å²) < 4.78 is 0. The highest BCUT2D eigenvalue weighted by molar-refractivity contribution is 5.90. The lowest BCUT2D eigenvalue weighted by Crippen LogP contribution is -2.37. The van der Waals surface area contributed by atoms with E-state index < -0.39 is 5.97 Å². The Morgan fingerprint density at radius 2 is 2.15 bits per heavy atom. The summed E-state index contributed by atoms with van der Waals surface area (Å²) in [5.74, 6) is -0.398. The van der Waals surface area contributed by atoms with Crippen LogP contribution in [0, 0.1) is 5.92 Å². The lowest BCUT2D eigenvalue weighted by atomic mass is 10.2. The molecule has 0 bridgehead atoms. The van der Waals surface area contributed by atoms with Crippen molar-refractivity contribution in [3.05, 3.63) is 35.9 Å². The maximum atomic E-state index is 11.8. The van der Waals surface area contributed by atoms with Crippen LogP contribution in [-0.4, -0.2) is 23.1 Å². The second-order valence-corrected chi connectivity index (χ2v) is 5.02. The molecule has 5 heteroatoms. The van der Waals surface area contributed by atoms with Crippen LogP contribution in [-0.2, 0) is 4.79 Å². The SMILES string of the molecule is CC(NC(=O)Nc1cccc(/C=C/C(=O)O)c1)C1CC1. The molecule has 1 saturated carbocycles. The van der Waals surface area contributed by atoms with E-state index >= 15 is 0 Å². The van der Waals surface area contributed by atoms with Crippen molar-refractivity contribution >= 4 is 23.8 Å². The number of carboxylic acid groups (broad SMARTS) is 1. The number of carboxylic acids is 1. The molecule has 1 aliphatic rings. The van der Waals surface area contributed by atoms with Crippen LogP contribution in [0.1, 0.15) is 25.3 Å². The summed E-state index contributed by atoms with van der Waals surface area (Å²) in [7, 11) is 0. The predicted molar refractivity (Wildman–Crippen MR) is 77.5 cm³/mol. The third kappa shape index (κ3) is 4.42. The molecule has 20 heavy (non-hydrogen) atoms. The van der Waals surface area contributed by atoms with Gasteiger partial charge in [-0.15, -0.1) is 0 Å². The molecule has 0 aromatic heterocycles. The van der Waals surface area contributed by atoms with Crippen molar-refractivity contribution in [2.75, 3.05) is 5.32 Å². The minimum atomic E-state index is -1.00. The number of rotatable bonds is 5. The zero-order valence-electron chi connectivity index (χ0n) is 11.3. The lowest BCUT2D eigenvalue weighted by molar-refractivity contribution is -0.131.